The highest BCUT2D eigenvalue weighted by Crippen LogP contribution is 2.28. The molecule has 0 atom stereocenters. The molecule has 5 nitrogen and oxygen atoms in total. The fourth-order valence-corrected chi connectivity index (χ4v) is 1.84. The van der Waals surface area contributed by atoms with Gasteiger partial charge >= 0.3 is 5.97 Å². The van der Waals surface area contributed by atoms with E-state index < -0.39 is 5.97 Å². The molecular formula is C15H13ClN2O3. The lowest BCUT2D eigenvalue weighted by Gasteiger charge is -2.04. The average molecular weight is 305 g/mol. The van der Waals surface area contributed by atoms with E-state index in [-0.39, 0.29) is 12.2 Å². The van der Waals surface area contributed by atoms with Crippen molar-refractivity contribution < 1.29 is 15.0 Å². The normalized spacial score (nSPS) is 10.9. The summed E-state index contributed by atoms with van der Waals surface area (Å²) in [5, 5.41) is 27.0. The van der Waals surface area contributed by atoms with Crippen LogP contribution in [-0.4, -0.2) is 16.2 Å². The second kappa shape index (κ2) is 6.85. The van der Waals surface area contributed by atoms with Crippen molar-refractivity contribution in [2.75, 3.05) is 0 Å². The maximum Gasteiger partial charge on any atom is 0.303 e. The lowest BCUT2D eigenvalue weighted by atomic mass is 10.1. The van der Waals surface area contributed by atoms with Crippen molar-refractivity contribution in [3.63, 3.8) is 0 Å². The summed E-state index contributed by atoms with van der Waals surface area (Å²) in [6.07, 6.45) is 0.318. The first kappa shape index (κ1) is 15.0. The monoisotopic (exact) mass is 304 g/mol. The molecule has 2 N–H and O–H groups in total. The summed E-state index contributed by atoms with van der Waals surface area (Å²) < 4.78 is 0. The van der Waals surface area contributed by atoms with E-state index >= 15 is 0 Å². The predicted octanol–water partition coefficient (Wildman–Crippen LogP) is 4.48. The molecule has 2 aromatic carbocycles. The fraction of sp³-hybridized carbons (Fsp3) is 0.133. The number of carboxylic acid groups (broad SMARTS) is 1. The molecule has 0 bridgehead atoms. The van der Waals surface area contributed by atoms with Gasteiger partial charge in [-0.1, -0.05) is 17.7 Å². The SMILES string of the molecule is O=C(O)CCc1ccc(O)cc1N=Nc1ccc(Cl)cc1. The number of hydrogen-bond donors (Lipinski definition) is 2. The molecule has 0 saturated carbocycles. The van der Waals surface area contributed by atoms with Gasteiger partial charge in [0.15, 0.2) is 0 Å². The van der Waals surface area contributed by atoms with E-state index in [2.05, 4.69) is 10.2 Å². The van der Waals surface area contributed by atoms with Gasteiger partial charge in [-0.15, -0.1) is 0 Å². The number of aryl methyl sites for hydroxylation is 1. The number of aromatic hydroxyl groups is 1. The van der Waals surface area contributed by atoms with E-state index in [0.717, 1.165) is 0 Å². The van der Waals surface area contributed by atoms with Gasteiger partial charge in [-0.25, -0.2) is 0 Å². The third-order valence-electron chi connectivity index (χ3n) is 2.78. The van der Waals surface area contributed by atoms with Crippen LogP contribution in [0.3, 0.4) is 0 Å². The lowest BCUT2D eigenvalue weighted by molar-refractivity contribution is -0.136. The number of phenolic OH excluding ortho intramolecular Hbond substituents is 1. The summed E-state index contributed by atoms with van der Waals surface area (Å²) in [6, 6.07) is 11.4. The molecule has 2 rings (SSSR count). The van der Waals surface area contributed by atoms with Gasteiger partial charge in [-0.2, -0.15) is 10.2 Å². The largest absolute Gasteiger partial charge is 0.508 e. The van der Waals surface area contributed by atoms with Gasteiger partial charge in [0.25, 0.3) is 0 Å². The van der Waals surface area contributed by atoms with Gasteiger partial charge in [-0.3, -0.25) is 4.79 Å². The van der Waals surface area contributed by atoms with Crippen molar-refractivity contribution >= 4 is 28.9 Å². The van der Waals surface area contributed by atoms with Gasteiger partial charge in [0.05, 0.1) is 11.4 Å². The van der Waals surface area contributed by atoms with Crippen LogP contribution in [0.25, 0.3) is 0 Å². The summed E-state index contributed by atoms with van der Waals surface area (Å²) in [4.78, 5) is 10.6. The third kappa shape index (κ3) is 4.57. The minimum atomic E-state index is -0.885. The van der Waals surface area contributed by atoms with Crippen LogP contribution in [0.4, 0.5) is 11.4 Å². The van der Waals surface area contributed by atoms with Crippen molar-refractivity contribution in [2.45, 2.75) is 12.8 Å². The quantitative estimate of drug-likeness (QED) is 0.799. The molecule has 0 saturated heterocycles. The molecule has 0 radical (unpaired) electrons. The average Bonchev–Trinajstić information content (AvgIpc) is 2.45. The Hall–Kier alpha value is -2.40. The Morgan fingerprint density at radius 3 is 2.48 bits per heavy atom. The summed E-state index contributed by atoms with van der Waals surface area (Å²) in [5.74, 6) is -0.831. The molecule has 0 fully saturated rings. The van der Waals surface area contributed by atoms with E-state index in [9.17, 15) is 9.90 Å². The van der Waals surface area contributed by atoms with Crippen LogP contribution >= 0.6 is 11.6 Å². The number of halogens is 1. The van der Waals surface area contributed by atoms with Gasteiger partial charge in [0, 0.05) is 17.5 Å². The van der Waals surface area contributed by atoms with E-state index in [1.807, 2.05) is 0 Å². The molecule has 0 spiro atoms. The highest BCUT2D eigenvalue weighted by Gasteiger charge is 2.06. The molecular weight excluding hydrogens is 292 g/mol. The van der Waals surface area contributed by atoms with Crippen LogP contribution in [0.15, 0.2) is 52.7 Å². The van der Waals surface area contributed by atoms with Gasteiger partial charge in [0.2, 0.25) is 0 Å². The Morgan fingerprint density at radius 2 is 1.81 bits per heavy atom. The zero-order chi connectivity index (χ0) is 15.2. The maximum atomic E-state index is 10.6. The van der Waals surface area contributed by atoms with Crippen LogP contribution in [-0.2, 0) is 11.2 Å². The van der Waals surface area contributed by atoms with E-state index in [4.69, 9.17) is 16.7 Å². The van der Waals surface area contributed by atoms with Gasteiger partial charge < -0.3 is 10.2 Å². The van der Waals surface area contributed by atoms with Crippen LogP contribution in [0.2, 0.25) is 5.02 Å². The highest BCUT2D eigenvalue weighted by molar-refractivity contribution is 6.30. The second-order valence-corrected chi connectivity index (χ2v) is 4.82. The van der Waals surface area contributed by atoms with Crippen molar-refractivity contribution in [1.29, 1.82) is 0 Å². The number of carboxylic acids is 1. The Kier molecular flexibility index (Phi) is 4.90. The molecule has 0 aliphatic heterocycles. The number of azo groups is 1. The van der Waals surface area contributed by atoms with Crippen LogP contribution in [0.5, 0.6) is 5.75 Å². The Labute approximate surface area is 126 Å². The molecule has 108 valence electrons. The summed E-state index contributed by atoms with van der Waals surface area (Å²) in [5.41, 5.74) is 1.78. The molecule has 0 aliphatic carbocycles. The maximum absolute atomic E-state index is 10.6. The van der Waals surface area contributed by atoms with Crippen molar-refractivity contribution in [1.82, 2.24) is 0 Å². The minimum Gasteiger partial charge on any atom is -0.508 e. The summed E-state index contributed by atoms with van der Waals surface area (Å²) in [7, 11) is 0. The Morgan fingerprint density at radius 1 is 1.10 bits per heavy atom. The van der Waals surface area contributed by atoms with Gasteiger partial charge in [0.1, 0.15) is 5.75 Å². The van der Waals surface area contributed by atoms with Gasteiger partial charge in [-0.05, 0) is 42.3 Å². The van der Waals surface area contributed by atoms with E-state index in [1.54, 1.807) is 30.3 Å². The van der Waals surface area contributed by atoms with Crippen molar-refractivity contribution in [3.05, 3.63) is 53.1 Å². The zero-order valence-corrected chi connectivity index (χ0v) is 11.8. The van der Waals surface area contributed by atoms with E-state index in [1.165, 1.54) is 12.1 Å². The Balaban J connectivity index is 2.22. The second-order valence-electron chi connectivity index (χ2n) is 4.38. The minimum absolute atomic E-state index is 0.00571. The summed E-state index contributed by atoms with van der Waals surface area (Å²) >= 11 is 5.78. The number of hydrogen-bond acceptors (Lipinski definition) is 4. The first-order valence-corrected chi connectivity index (χ1v) is 6.63. The molecule has 6 heteroatoms. The first-order valence-electron chi connectivity index (χ1n) is 6.25. The molecule has 21 heavy (non-hydrogen) atoms. The molecule has 0 amide bonds. The number of carbonyl (C=O) groups is 1. The highest BCUT2D eigenvalue weighted by atomic mass is 35.5. The van der Waals surface area contributed by atoms with Crippen LogP contribution in [0.1, 0.15) is 12.0 Å². The number of aliphatic carboxylic acids is 1. The molecule has 0 aliphatic rings. The lowest BCUT2D eigenvalue weighted by Crippen LogP contribution is -1.97. The third-order valence-corrected chi connectivity index (χ3v) is 3.03. The Bertz CT molecular complexity index is 669. The molecule has 0 heterocycles. The molecule has 0 unspecified atom stereocenters. The number of phenols is 1. The van der Waals surface area contributed by atoms with Crippen LogP contribution < -0.4 is 0 Å². The number of nitrogens with zero attached hydrogens (tertiary/aromatic N) is 2. The smallest absolute Gasteiger partial charge is 0.303 e. The van der Waals surface area contributed by atoms with E-state index in [0.29, 0.717) is 28.4 Å². The standard InChI is InChI=1S/C15H13ClN2O3/c16-11-3-5-12(6-4-11)17-18-14-9-13(19)7-1-10(14)2-8-15(20)21/h1,3-7,9,19H,2,8H2,(H,20,21). The molecule has 2 aromatic rings. The summed E-state index contributed by atoms with van der Waals surface area (Å²) in [6.45, 7) is 0. The predicted molar refractivity (Wildman–Crippen MR) is 79.7 cm³/mol. The van der Waals surface area contributed by atoms with Crippen molar-refractivity contribution in [3.8, 4) is 5.75 Å². The van der Waals surface area contributed by atoms with Crippen molar-refractivity contribution in [2.24, 2.45) is 10.2 Å². The van der Waals surface area contributed by atoms with Crippen LogP contribution in [0, 0.1) is 0 Å². The number of benzene rings is 2. The topological polar surface area (TPSA) is 82.2 Å². The zero-order valence-electron chi connectivity index (χ0n) is 11.0. The fourth-order valence-electron chi connectivity index (χ4n) is 1.72. The molecule has 0 aromatic heterocycles. The first-order chi connectivity index (χ1) is 10.0. The number of rotatable bonds is 5.